The van der Waals surface area contributed by atoms with Crippen molar-refractivity contribution in [2.75, 3.05) is 13.2 Å². The van der Waals surface area contributed by atoms with E-state index in [0.29, 0.717) is 32.1 Å². The number of hydrogen-bond donors (Lipinski definition) is 8. The highest BCUT2D eigenvalue weighted by Gasteiger charge is 2.54. The molecule has 0 saturated heterocycles. The second kappa shape index (κ2) is 37.3. The maximum atomic E-state index is 13.0. The van der Waals surface area contributed by atoms with Crippen LogP contribution in [-0.4, -0.2) is 114 Å². The maximum absolute atomic E-state index is 13.0. The van der Waals surface area contributed by atoms with Crippen molar-refractivity contribution in [2.45, 2.75) is 198 Å². The third-order valence-electron chi connectivity index (χ3n) is 10.4. The van der Waals surface area contributed by atoms with Gasteiger partial charge in [0.15, 0.2) is 6.10 Å². The van der Waals surface area contributed by atoms with Gasteiger partial charge in [0.25, 0.3) is 0 Å². The van der Waals surface area contributed by atoms with Gasteiger partial charge in [-0.25, -0.2) is 9.13 Å². The first-order chi connectivity index (χ1) is 31.5. The summed E-state index contributed by atoms with van der Waals surface area (Å²) in [5.41, 5.74) is 0. The van der Waals surface area contributed by atoms with Gasteiger partial charge >= 0.3 is 27.6 Å². The Balaban J connectivity index is 2.65. The van der Waals surface area contributed by atoms with Crippen molar-refractivity contribution in [2.24, 2.45) is 0 Å². The molecule has 19 heteroatoms. The molecule has 1 fully saturated rings. The number of ether oxygens (including phenoxy) is 2. The van der Waals surface area contributed by atoms with E-state index < -0.39 is 89.6 Å². The lowest BCUT2D eigenvalue weighted by atomic mass is 9.85. The molecule has 0 amide bonds. The summed E-state index contributed by atoms with van der Waals surface area (Å²) in [5, 5.41) is 50.7. The molecule has 1 aliphatic carbocycles. The van der Waals surface area contributed by atoms with E-state index in [9.17, 15) is 49.1 Å². The van der Waals surface area contributed by atoms with Crippen molar-refractivity contribution in [3.63, 3.8) is 0 Å². The van der Waals surface area contributed by atoms with Crippen LogP contribution in [-0.2, 0) is 41.8 Å². The minimum absolute atomic E-state index is 0.0115. The van der Waals surface area contributed by atoms with Crippen molar-refractivity contribution in [3.8, 4) is 0 Å². The van der Waals surface area contributed by atoms with Gasteiger partial charge in [0, 0.05) is 12.8 Å². The summed E-state index contributed by atoms with van der Waals surface area (Å²) < 4.78 is 49.3. The van der Waals surface area contributed by atoms with Crippen LogP contribution >= 0.6 is 15.6 Å². The quantitative estimate of drug-likeness (QED) is 0.00963. The summed E-state index contributed by atoms with van der Waals surface area (Å²) in [5.74, 6) is -1.31. The number of unbranched alkanes of at least 4 members (excludes halogenated alkanes) is 12. The number of aliphatic hydroxyl groups is 5. The lowest BCUT2D eigenvalue weighted by molar-refractivity contribution is -0.216. The zero-order valence-corrected chi connectivity index (χ0v) is 40.7. The standard InChI is InChI=1S/C47H80O17P2/c1-3-5-6-7-8-9-10-11-12-17-20-23-26-29-32-35-41(50)62-39(37-61-66(58,59)64-47-44(53)42(51)43(52)46(45(47)54)63-65(55,56)57)36-60-40(49)34-31-28-25-22-19-16-14-13-15-18-21-24-27-30-33-38(48)4-2/h11-12,14-16,18,22,24-25,27,30,33,38-39,42-48,51-54H,3-10,13,17,19-21,23,26,28-29,31-32,34-37H2,1-2H3,(H,58,59)(H2,55,56,57)/b12-11-,16-14-,18-15-,25-22-,27-24-,33-30+/t38-,39+,42?,43?,44?,45?,46+,47-/m0/s1. The fourth-order valence-electron chi connectivity index (χ4n) is 6.59. The number of allylic oxidation sites excluding steroid dienone is 11. The van der Waals surface area contributed by atoms with Crippen molar-refractivity contribution in [1.29, 1.82) is 0 Å². The van der Waals surface area contributed by atoms with Crippen molar-refractivity contribution in [3.05, 3.63) is 72.9 Å². The van der Waals surface area contributed by atoms with Crippen LogP contribution in [0.15, 0.2) is 72.9 Å². The molecule has 1 aliphatic rings. The Morgan fingerprint density at radius 2 is 1.06 bits per heavy atom. The van der Waals surface area contributed by atoms with E-state index >= 15 is 0 Å². The molecule has 380 valence electrons. The minimum atomic E-state index is -5.38. The van der Waals surface area contributed by atoms with Crippen LogP contribution in [0.4, 0.5) is 0 Å². The third-order valence-corrected chi connectivity index (χ3v) is 11.9. The summed E-state index contributed by atoms with van der Waals surface area (Å²) in [4.78, 5) is 54.2. The molecule has 0 heterocycles. The molecule has 66 heavy (non-hydrogen) atoms. The highest BCUT2D eigenvalue weighted by Crippen LogP contribution is 2.49. The molecule has 1 rings (SSSR count). The smallest absolute Gasteiger partial charge is 0.462 e. The second-order valence-corrected chi connectivity index (χ2v) is 18.9. The molecule has 17 nitrogen and oxygen atoms in total. The first kappa shape index (κ1) is 61.4. The largest absolute Gasteiger partial charge is 0.472 e. The molecule has 0 aromatic heterocycles. The predicted octanol–water partition coefficient (Wildman–Crippen LogP) is 7.81. The fourth-order valence-corrected chi connectivity index (χ4v) is 8.13. The Kier molecular flexibility index (Phi) is 34.7. The molecule has 5 unspecified atom stereocenters. The Morgan fingerprint density at radius 3 is 1.65 bits per heavy atom. The molecule has 8 N–H and O–H groups in total. The lowest BCUT2D eigenvalue weighted by Crippen LogP contribution is -2.64. The van der Waals surface area contributed by atoms with Gasteiger partial charge < -0.3 is 49.7 Å². The first-order valence-corrected chi connectivity index (χ1v) is 26.6. The number of rotatable bonds is 38. The zero-order valence-electron chi connectivity index (χ0n) is 39.0. The van der Waals surface area contributed by atoms with E-state index in [1.807, 2.05) is 49.5 Å². The topological polar surface area (TPSA) is 276 Å². The number of hydrogen-bond acceptors (Lipinski definition) is 14. The molecule has 0 spiro atoms. The molecule has 0 bridgehead atoms. The van der Waals surface area contributed by atoms with Crippen LogP contribution in [0.1, 0.15) is 149 Å². The zero-order chi connectivity index (χ0) is 49.1. The van der Waals surface area contributed by atoms with Gasteiger partial charge in [-0.15, -0.1) is 0 Å². The van der Waals surface area contributed by atoms with Crippen LogP contribution < -0.4 is 0 Å². The molecule has 9 atom stereocenters. The van der Waals surface area contributed by atoms with E-state index in [2.05, 4.69) is 35.8 Å². The lowest BCUT2D eigenvalue weighted by Gasteiger charge is -2.43. The average molecular weight is 979 g/mol. The number of carbonyl (C=O) groups excluding carboxylic acids is 2. The predicted molar refractivity (Wildman–Crippen MR) is 252 cm³/mol. The molecular formula is C47H80O17P2. The second-order valence-electron chi connectivity index (χ2n) is 16.3. The van der Waals surface area contributed by atoms with Crippen LogP contribution in [0.2, 0.25) is 0 Å². The fraction of sp³-hybridized carbons (Fsp3) is 0.702. The van der Waals surface area contributed by atoms with Crippen LogP contribution in [0.25, 0.3) is 0 Å². The molecule has 1 saturated carbocycles. The molecule has 0 aliphatic heterocycles. The van der Waals surface area contributed by atoms with Crippen molar-refractivity contribution in [1.82, 2.24) is 0 Å². The van der Waals surface area contributed by atoms with Gasteiger partial charge in [0.1, 0.15) is 43.2 Å². The number of phosphoric acid groups is 2. The Morgan fingerprint density at radius 1 is 0.561 bits per heavy atom. The van der Waals surface area contributed by atoms with E-state index in [-0.39, 0.29) is 12.8 Å². The van der Waals surface area contributed by atoms with E-state index in [4.69, 9.17) is 28.3 Å². The molecule has 0 aromatic rings. The van der Waals surface area contributed by atoms with Gasteiger partial charge in [0.05, 0.1) is 12.7 Å². The van der Waals surface area contributed by atoms with Crippen LogP contribution in [0.5, 0.6) is 0 Å². The maximum Gasteiger partial charge on any atom is 0.472 e. The Bertz CT molecular complexity index is 1570. The SMILES string of the molecule is CCCCCCCC/C=C\CCCCCCCC(=O)O[C@H](COC(=O)CCC/C=C\C/C=C\C/C=C\C/C=C\C=C\[C@@H](O)CC)COP(=O)(O)O[C@H]1C(O)C(O)C(O)[C@@H](OP(=O)(O)O)C1O. The van der Waals surface area contributed by atoms with E-state index in [1.54, 1.807) is 6.08 Å². The summed E-state index contributed by atoms with van der Waals surface area (Å²) in [6, 6.07) is 0. The minimum Gasteiger partial charge on any atom is -0.462 e. The van der Waals surface area contributed by atoms with Gasteiger partial charge in [-0.2, -0.15) is 0 Å². The number of aliphatic hydroxyl groups excluding tert-OH is 5. The third kappa shape index (κ3) is 31.4. The van der Waals surface area contributed by atoms with Crippen LogP contribution in [0.3, 0.4) is 0 Å². The number of esters is 2. The molecule has 0 aromatic carbocycles. The normalized spacial score (nSPS) is 22.6. The average Bonchev–Trinajstić information content (AvgIpc) is 3.27. The number of carbonyl (C=O) groups is 2. The summed E-state index contributed by atoms with van der Waals surface area (Å²) >= 11 is 0. The van der Waals surface area contributed by atoms with E-state index in [1.165, 1.54) is 38.5 Å². The van der Waals surface area contributed by atoms with Gasteiger partial charge in [0.2, 0.25) is 0 Å². The monoisotopic (exact) mass is 978 g/mol. The first-order valence-electron chi connectivity index (χ1n) is 23.6. The summed E-state index contributed by atoms with van der Waals surface area (Å²) in [7, 11) is -10.7. The van der Waals surface area contributed by atoms with Crippen LogP contribution in [0, 0.1) is 0 Å². The molecular weight excluding hydrogens is 898 g/mol. The Labute approximate surface area is 392 Å². The van der Waals surface area contributed by atoms with Gasteiger partial charge in [-0.05, 0) is 70.6 Å². The Hall–Kier alpha value is -2.60. The van der Waals surface area contributed by atoms with Crippen molar-refractivity contribution < 1.29 is 82.0 Å². The van der Waals surface area contributed by atoms with E-state index in [0.717, 1.165) is 51.4 Å². The van der Waals surface area contributed by atoms with Gasteiger partial charge in [-0.1, -0.05) is 138 Å². The summed E-state index contributed by atoms with van der Waals surface area (Å²) in [6.45, 7) is 2.71. The highest BCUT2D eigenvalue weighted by molar-refractivity contribution is 7.47. The van der Waals surface area contributed by atoms with Gasteiger partial charge in [-0.3, -0.25) is 23.2 Å². The summed E-state index contributed by atoms with van der Waals surface area (Å²) in [6.07, 6.45) is 26.7. The van der Waals surface area contributed by atoms with Crippen molar-refractivity contribution >= 4 is 27.6 Å². The number of phosphoric ester groups is 2. The highest BCUT2D eigenvalue weighted by atomic mass is 31.2. The molecule has 0 radical (unpaired) electrons.